The standard InChI is InChI=1S/C14H17N5OS.2ClH/c15-8-10-4-1-2-7-19(10)14(20)11-9-18-13(21-11)12-16-5-3-6-17-12;;/h3,5-6,9-10H,1-2,4,7-8,15H2;2*1H. The Kier molecular flexibility index (Phi) is 7.84. The maximum absolute atomic E-state index is 12.6. The van der Waals surface area contributed by atoms with E-state index in [1.165, 1.54) is 11.3 Å². The molecule has 1 unspecified atom stereocenters. The predicted octanol–water partition coefficient (Wildman–Crippen LogP) is 2.40. The van der Waals surface area contributed by atoms with Gasteiger partial charge in [0.1, 0.15) is 4.88 Å². The Morgan fingerprint density at radius 1 is 1.26 bits per heavy atom. The highest BCUT2D eigenvalue weighted by atomic mass is 35.5. The van der Waals surface area contributed by atoms with Gasteiger partial charge in [-0.25, -0.2) is 15.0 Å². The highest BCUT2D eigenvalue weighted by molar-refractivity contribution is 7.16. The molecule has 0 aliphatic carbocycles. The summed E-state index contributed by atoms with van der Waals surface area (Å²) < 4.78 is 0. The predicted molar refractivity (Wildman–Crippen MR) is 95.4 cm³/mol. The molecule has 1 aliphatic heterocycles. The summed E-state index contributed by atoms with van der Waals surface area (Å²) in [6, 6.07) is 1.90. The quantitative estimate of drug-likeness (QED) is 0.889. The van der Waals surface area contributed by atoms with E-state index in [1.54, 1.807) is 24.7 Å². The number of thiazole rings is 1. The van der Waals surface area contributed by atoms with Crippen LogP contribution < -0.4 is 5.73 Å². The highest BCUT2D eigenvalue weighted by Crippen LogP contribution is 2.25. The molecule has 0 spiro atoms. The van der Waals surface area contributed by atoms with E-state index in [1.807, 2.05) is 4.90 Å². The molecule has 3 heterocycles. The Labute approximate surface area is 151 Å². The second-order valence-corrected chi connectivity index (χ2v) is 6.02. The van der Waals surface area contributed by atoms with Crippen LogP contribution in [-0.2, 0) is 0 Å². The molecular formula is C14H19Cl2N5OS. The Bertz CT molecular complexity index is 625. The fraction of sp³-hybridized carbons (Fsp3) is 0.429. The average molecular weight is 376 g/mol. The van der Waals surface area contributed by atoms with Gasteiger partial charge in [0.2, 0.25) is 0 Å². The number of carbonyl (C=O) groups is 1. The monoisotopic (exact) mass is 375 g/mol. The Hall–Kier alpha value is -1.28. The zero-order valence-corrected chi connectivity index (χ0v) is 14.9. The average Bonchev–Trinajstić information content (AvgIpc) is 3.05. The minimum atomic E-state index is 0. The van der Waals surface area contributed by atoms with E-state index < -0.39 is 0 Å². The van der Waals surface area contributed by atoms with Crippen molar-refractivity contribution in [2.24, 2.45) is 5.73 Å². The van der Waals surface area contributed by atoms with Gasteiger partial charge in [-0.3, -0.25) is 4.79 Å². The SMILES string of the molecule is Cl.Cl.NCC1CCCCN1C(=O)c1cnc(-c2ncccn2)s1. The van der Waals surface area contributed by atoms with Crippen molar-refractivity contribution in [2.75, 3.05) is 13.1 Å². The molecule has 1 fully saturated rings. The number of aromatic nitrogens is 3. The number of likely N-dealkylation sites (tertiary alicyclic amines) is 1. The fourth-order valence-corrected chi connectivity index (χ4v) is 3.36. The third-order valence-corrected chi connectivity index (χ3v) is 4.61. The van der Waals surface area contributed by atoms with Crippen LogP contribution in [0.3, 0.4) is 0 Å². The highest BCUT2D eigenvalue weighted by Gasteiger charge is 2.27. The largest absolute Gasteiger partial charge is 0.334 e. The summed E-state index contributed by atoms with van der Waals surface area (Å²) in [6.45, 7) is 1.29. The summed E-state index contributed by atoms with van der Waals surface area (Å²) in [5.74, 6) is 0.570. The van der Waals surface area contributed by atoms with Crippen LogP contribution in [0.15, 0.2) is 24.7 Å². The van der Waals surface area contributed by atoms with Crippen LogP contribution in [0.4, 0.5) is 0 Å². The van der Waals surface area contributed by atoms with E-state index in [4.69, 9.17) is 5.73 Å². The summed E-state index contributed by atoms with van der Waals surface area (Å²) in [6.07, 6.45) is 8.10. The molecule has 6 nitrogen and oxygen atoms in total. The lowest BCUT2D eigenvalue weighted by Gasteiger charge is -2.34. The molecule has 0 radical (unpaired) electrons. The van der Waals surface area contributed by atoms with Crippen molar-refractivity contribution in [3.8, 4) is 10.8 Å². The van der Waals surface area contributed by atoms with Gasteiger partial charge in [0.05, 0.1) is 6.20 Å². The van der Waals surface area contributed by atoms with Gasteiger partial charge in [-0.1, -0.05) is 0 Å². The molecule has 3 rings (SSSR count). The number of hydrogen-bond donors (Lipinski definition) is 1. The van der Waals surface area contributed by atoms with Gasteiger partial charge in [-0.05, 0) is 25.3 Å². The molecule has 23 heavy (non-hydrogen) atoms. The Morgan fingerprint density at radius 2 is 2.00 bits per heavy atom. The fourth-order valence-electron chi connectivity index (χ4n) is 2.54. The van der Waals surface area contributed by atoms with Gasteiger partial charge in [0, 0.05) is 31.5 Å². The molecule has 1 amide bonds. The molecule has 0 saturated carbocycles. The second kappa shape index (κ2) is 9.12. The minimum Gasteiger partial charge on any atom is -0.334 e. The number of carbonyl (C=O) groups excluding carboxylic acids is 1. The van der Waals surface area contributed by atoms with Crippen molar-refractivity contribution in [1.29, 1.82) is 0 Å². The maximum Gasteiger partial charge on any atom is 0.265 e. The van der Waals surface area contributed by atoms with Crippen LogP contribution in [-0.4, -0.2) is 44.9 Å². The molecule has 0 bridgehead atoms. The molecule has 9 heteroatoms. The molecule has 2 aromatic heterocycles. The Balaban J connectivity index is 0.00000132. The first-order valence-corrected chi connectivity index (χ1v) is 7.85. The van der Waals surface area contributed by atoms with Crippen LogP contribution in [0, 0.1) is 0 Å². The summed E-state index contributed by atoms with van der Waals surface area (Å²) in [5, 5.41) is 0.667. The molecule has 1 saturated heterocycles. The van der Waals surface area contributed by atoms with E-state index in [-0.39, 0.29) is 36.8 Å². The van der Waals surface area contributed by atoms with E-state index >= 15 is 0 Å². The zero-order valence-electron chi connectivity index (χ0n) is 12.4. The number of rotatable bonds is 3. The van der Waals surface area contributed by atoms with Crippen LogP contribution in [0.2, 0.25) is 0 Å². The van der Waals surface area contributed by atoms with Gasteiger partial charge >= 0.3 is 0 Å². The van der Waals surface area contributed by atoms with Crippen molar-refractivity contribution in [3.05, 3.63) is 29.5 Å². The van der Waals surface area contributed by atoms with E-state index in [0.717, 1.165) is 25.8 Å². The molecule has 1 atom stereocenters. The molecule has 1 aliphatic rings. The molecule has 2 aromatic rings. The first-order valence-electron chi connectivity index (χ1n) is 7.04. The second-order valence-electron chi connectivity index (χ2n) is 4.99. The summed E-state index contributed by atoms with van der Waals surface area (Å²) in [7, 11) is 0. The number of nitrogens with two attached hydrogens (primary N) is 1. The molecule has 2 N–H and O–H groups in total. The van der Waals surface area contributed by atoms with Crippen molar-refractivity contribution in [3.63, 3.8) is 0 Å². The van der Waals surface area contributed by atoms with Crippen molar-refractivity contribution < 1.29 is 4.79 Å². The Morgan fingerprint density at radius 3 is 2.70 bits per heavy atom. The van der Waals surface area contributed by atoms with Gasteiger partial charge in [0.25, 0.3) is 5.91 Å². The normalized spacial score (nSPS) is 17.1. The number of halogens is 2. The summed E-state index contributed by atoms with van der Waals surface area (Å²) in [4.78, 5) is 27.7. The topological polar surface area (TPSA) is 85.0 Å². The van der Waals surface area contributed by atoms with Gasteiger partial charge < -0.3 is 10.6 Å². The maximum atomic E-state index is 12.6. The van der Waals surface area contributed by atoms with Crippen molar-refractivity contribution in [1.82, 2.24) is 19.9 Å². The summed E-state index contributed by atoms with van der Waals surface area (Å²) in [5.41, 5.74) is 5.78. The number of nitrogens with zero attached hydrogens (tertiary/aromatic N) is 4. The lowest BCUT2D eigenvalue weighted by Crippen LogP contribution is -2.47. The van der Waals surface area contributed by atoms with Gasteiger partial charge in [-0.15, -0.1) is 36.2 Å². The van der Waals surface area contributed by atoms with Crippen LogP contribution in [0.5, 0.6) is 0 Å². The molecule has 0 aromatic carbocycles. The third-order valence-electron chi connectivity index (χ3n) is 3.63. The first kappa shape index (κ1) is 19.8. The van der Waals surface area contributed by atoms with Crippen molar-refractivity contribution >= 4 is 42.1 Å². The van der Waals surface area contributed by atoms with E-state index in [9.17, 15) is 4.79 Å². The number of amides is 1. The van der Waals surface area contributed by atoms with Gasteiger partial charge in [-0.2, -0.15) is 0 Å². The van der Waals surface area contributed by atoms with E-state index in [2.05, 4.69) is 15.0 Å². The van der Waals surface area contributed by atoms with Gasteiger partial charge in [0.15, 0.2) is 10.8 Å². The van der Waals surface area contributed by atoms with Crippen LogP contribution in [0.25, 0.3) is 10.8 Å². The summed E-state index contributed by atoms with van der Waals surface area (Å²) >= 11 is 1.33. The first-order chi connectivity index (χ1) is 10.3. The third kappa shape index (κ3) is 4.38. The lowest BCUT2D eigenvalue weighted by atomic mass is 10.0. The van der Waals surface area contributed by atoms with Crippen molar-refractivity contribution in [2.45, 2.75) is 25.3 Å². The molecule has 126 valence electrons. The van der Waals surface area contributed by atoms with Crippen LogP contribution >= 0.6 is 36.2 Å². The number of piperidine rings is 1. The minimum absolute atomic E-state index is 0. The molecular weight excluding hydrogens is 357 g/mol. The van der Waals surface area contributed by atoms with Crippen LogP contribution in [0.1, 0.15) is 28.9 Å². The smallest absolute Gasteiger partial charge is 0.265 e. The lowest BCUT2D eigenvalue weighted by molar-refractivity contribution is 0.0628. The zero-order chi connectivity index (χ0) is 14.7. The van der Waals surface area contributed by atoms with E-state index in [0.29, 0.717) is 22.3 Å². The number of hydrogen-bond acceptors (Lipinski definition) is 6.